The van der Waals surface area contributed by atoms with Crippen molar-refractivity contribution in [1.82, 2.24) is 0 Å². The van der Waals surface area contributed by atoms with E-state index in [2.05, 4.69) is 0 Å². The number of nitrogens with zero attached hydrogens (tertiary/aromatic N) is 1. The lowest BCUT2D eigenvalue weighted by molar-refractivity contribution is -0.132. The summed E-state index contributed by atoms with van der Waals surface area (Å²) in [5.74, 6) is -0.669. The van der Waals surface area contributed by atoms with Crippen molar-refractivity contribution in [3.8, 4) is 17.2 Å². The van der Waals surface area contributed by atoms with Crippen molar-refractivity contribution in [2.75, 3.05) is 26.2 Å². The highest BCUT2D eigenvalue weighted by molar-refractivity contribution is 6.52. The number of carbonyl (C=O) groups excluding carboxylic acids is 2. The summed E-state index contributed by atoms with van der Waals surface area (Å²) in [6.45, 7) is 1.87. The number of aliphatic hydroxyl groups is 1. The molecular formula is C31H27NO6. The van der Waals surface area contributed by atoms with Crippen LogP contribution in [0.25, 0.3) is 16.5 Å². The minimum absolute atomic E-state index is 0.0242. The molecule has 1 heterocycles. The number of rotatable bonds is 6. The molecular weight excluding hydrogens is 482 g/mol. The Bertz CT molecular complexity index is 1580. The zero-order valence-corrected chi connectivity index (χ0v) is 21.5. The minimum atomic E-state index is -0.955. The van der Waals surface area contributed by atoms with Gasteiger partial charge in [-0.05, 0) is 47.0 Å². The predicted octanol–water partition coefficient (Wildman–Crippen LogP) is 5.80. The fourth-order valence-electron chi connectivity index (χ4n) is 5.07. The minimum Gasteiger partial charge on any atom is -0.507 e. The largest absolute Gasteiger partial charge is 0.507 e. The van der Waals surface area contributed by atoms with Crippen molar-refractivity contribution in [2.45, 2.75) is 13.0 Å². The van der Waals surface area contributed by atoms with E-state index >= 15 is 0 Å². The van der Waals surface area contributed by atoms with Crippen molar-refractivity contribution in [1.29, 1.82) is 0 Å². The van der Waals surface area contributed by atoms with Gasteiger partial charge in [0, 0.05) is 11.3 Å². The zero-order chi connectivity index (χ0) is 27.0. The van der Waals surface area contributed by atoms with Crippen LogP contribution in [0.2, 0.25) is 0 Å². The Morgan fingerprint density at radius 3 is 2.11 bits per heavy atom. The molecule has 5 rings (SSSR count). The van der Waals surface area contributed by atoms with E-state index in [0.29, 0.717) is 34.1 Å². The van der Waals surface area contributed by atoms with Gasteiger partial charge in [-0.2, -0.15) is 0 Å². The molecule has 192 valence electrons. The fourth-order valence-corrected chi connectivity index (χ4v) is 5.07. The first kappa shape index (κ1) is 24.9. The van der Waals surface area contributed by atoms with Crippen LogP contribution in [-0.4, -0.2) is 38.1 Å². The second-order valence-corrected chi connectivity index (χ2v) is 8.94. The maximum atomic E-state index is 13.7. The summed E-state index contributed by atoms with van der Waals surface area (Å²) in [7, 11) is 4.49. The van der Waals surface area contributed by atoms with Crippen molar-refractivity contribution in [2.24, 2.45) is 0 Å². The van der Waals surface area contributed by atoms with Gasteiger partial charge in [-0.25, -0.2) is 0 Å². The van der Waals surface area contributed by atoms with Crippen LogP contribution in [0.1, 0.15) is 22.7 Å². The van der Waals surface area contributed by atoms with Gasteiger partial charge < -0.3 is 19.3 Å². The molecule has 1 amide bonds. The highest BCUT2D eigenvalue weighted by Gasteiger charge is 2.48. The van der Waals surface area contributed by atoms with E-state index in [4.69, 9.17) is 14.2 Å². The number of carbonyl (C=O) groups is 2. The highest BCUT2D eigenvalue weighted by Crippen LogP contribution is 2.47. The molecule has 0 spiro atoms. The van der Waals surface area contributed by atoms with Gasteiger partial charge in [0.15, 0.2) is 11.5 Å². The third-order valence-corrected chi connectivity index (χ3v) is 6.87. The van der Waals surface area contributed by atoms with Gasteiger partial charge in [0.1, 0.15) is 5.76 Å². The number of ether oxygens (including phenoxy) is 3. The van der Waals surface area contributed by atoms with Gasteiger partial charge in [0.2, 0.25) is 5.75 Å². The number of aryl methyl sites for hydroxylation is 1. The normalized spacial score (nSPS) is 16.6. The second kappa shape index (κ2) is 9.94. The smallest absolute Gasteiger partial charge is 0.300 e. The third kappa shape index (κ3) is 3.93. The SMILES string of the molecule is COc1cc(C2/C(=C(\O)c3cccc4ccccc34)C(=O)C(=O)N2c2ccccc2C)cc(OC)c1OC. The molecule has 4 aromatic rings. The average Bonchev–Trinajstić information content (AvgIpc) is 3.21. The van der Waals surface area contributed by atoms with Crippen molar-refractivity contribution in [3.05, 3.63) is 101 Å². The first-order chi connectivity index (χ1) is 18.4. The molecule has 1 atom stereocenters. The number of para-hydroxylation sites is 1. The number of aliphatic hydroxyl groups excluding tert-OH is 1. The van der Waals surface area contributed by atoms with E-state index in [0.717, 1.165) is 16.3 Å². The van der Waals surface area contributed by atoms with Gasteiger partial charge in [-0.3, -0.25) is 14.5 Å². The quantitative estimate of drug-likeness (QED) is 0.201. The van der Waals surface area contributed by atoms with Gasteiger partial charge in [-0.1, -0.05) is 60.7 Å². The number of Topliss-reactive ketones (excluding diaryl/α,β-unsaturated/α-hetero) is 1. The van der Waals surface area contributed by atoms with Crippen LogP contribution in [0, 0.1) is 6.92 Å². The Kier molecular flexibility index (Phi) is 6.51. The molecule has 1 N–H and O–H groups in total. The average molecular weight is 510 g/mol. The summed E-state index contributed by atoms with van der Waals surface area (Å²) in [4.78, 5) is 28.7. The molecule has 0 aliphatic carbocycles. The summed E-state index contributed by atoms with van der Waals surface area (Å²) in [6, 6.07) is 22.8. The highest BCUT2D eigenvalue weighted by atomic mass is 16.5. The summed E-state index contributed by atoms with van der Waals surface area (Å²) in [5, 5.41) is 13.4. The van der Waals surface area contributed by atoms with Crippen molar-refractivity contribution < 1.29 is 28.9 Å². The maximum absolute atomic E-state index is 13.7. The van der Waals surface area contributed by atoms with Crippen molar-refractivity contribution in [3.63, 3.8) is 0 Å². The monoisotopic (exact) mass is 509 g/mol. The van der Waals surface area contributed by atoms with Crippen LogP contribution in [0.3, 0.4) is 0 Å². The van der Waals surface area contributed by atoms with Crippen LogP contribution in [0.15, 0.2) is 84.4 Å². The number of hydrogen-bond donors (Lipinski definition) is 1. The van der Waals surface area contributed by atoms with Crippen LogP contribution >= 0.6 is 0 Å². The Balaban J connectivity index is 1.84. The molecule has 1 aliphatic rings. The molecule has 1 aliphatic heterocycles. The molecule has 1 saturated heterocycles. The zero-order valence-electron chi connectivity index (χ0n) is 21.5. The Morgan fingerprint density at radius 1 is 0.816 bits per heavy atom. The number of methoxy groups -OCH3 is 3. The van der Waals surface area contributed by atoms with Gasteiger partial charge in [0.05, 0.1) is 32.9 Å². The predicted molar refractivity (Wildman–Crippen MR) is 146 cm³/mol. The van der Waals surface area contributed by atoms with Crippen LogP contribution in [0.4, 0.5) is 5.69 Å². The summed E-state index contributed by atoms with van der Waals surface area (Å²) in [6.07, 6.45) is 0. The number of benzene rings is 4. The van der Waals surface area contributed by atoms with Gasteiger partial charge >= 0.3 is 0 Å². The van der Waals surface area contributed by atoms with Crippen molar-refractivity contribution >= 4 is 33.9 Å². The number of fused-ring (bicyclic) bond motifs is 1. The third-order valence-electron chi connectivity index (χ3n) is 6.87. The van der Waals surface area contributed by atoms with E-state index in [1.807, 2.05) is 55.5 Å². The second-order valence-electron chi connectivity index (χ2n) is 8.94. The number of ketones is 1. The molecule has 38 heavy (non-hydrogen) atoms. The molecule has 0 aromatic heterocycles. The van der Waals surface area contributed by atoms with E-state index in [1.54, 1.807) is 30.3 Å². The first-order valence-electron chi connectivity index (χ1n) is 12.1. The Labute approximate surface area is 220 Å². The summed E-state index contributed by atoms with van der Waals surface area (Å²) in [5.41, 5.74) is 2.32. The number of hydrogen-bond acceptors (Lipinski definition) is 6. The fraction of sp³-hybridized carbons (Fsp3) is 0.161. The lowest BCUT2D eigenvalue weighted by Crippen LogP contribution is -2.30. The number of amides is 1. The molecule has 0 bridgehead atoms. The topological polar surface area (TPSA) is 85.3 Å². The lowest BCUT2D eigenvalue weighted by Gasteiger charge is -2.27. The molecule has 4 aromatic carbocycles. The maximum Gasteiger partial charge on any atom is 0.300 e. The first-order valence-corrected chi connectivity index (χ1v) is 12.1. The Morgan fingerprint density at radius 2 is 1.45 bits per heavy atom. The number of anilines is 1. The van der Waals surface area contributed by atoms with Crippen LogP contribution in [-0.2, 0) is 9.59 Å². The van der Waals surface area contributed by atoms with E-state index < -0.39 is 17.7 Å². The molecule has 0 saturated carbocycles. The van der Waals surface area contributed by atoms with E-state index in [1.165, 1.54) is 26.2 Å². The summed E-state index contributed by atoms with van der Waals surface area (Å²) >= 11 is 0. The van der Waals surface area contributed by atoms with Crippen LogP contribution < -0.4 is 19.1 Å². The Hall–Kier alpha value is -4.78. The molecule has 1 unspecified atom stereocenters. The molecule has 7 heteroatoms. The van der Waals surface area contributed by atoms with E-state index in [9.17, 15) is 14.7 Å². The molecule has 7 nitrogen and oxygen atoms in total. The van der Waals surface area contributed by atoms with Crippen LogP contribution in [0.5, 0.6) is 17.2 Å². The van der Waals surface area contributed by atoms with E-state index in [-0.39, 0.29) is 11.3 Å². The molecule has 1 fully saturated rings. The standard InChI is InChI=1S/C31H27NO6/c1-18-10-5-8-15-23(18)32-27(20-16-24(36-2)30(38-4)25(17-20)37-3)26(29(34)31(32)35)28(33)22-14-9-12-19-11-6-7-13-21(19)22/h5-17,27,33H,1-4H3/b28-26+. The lowest BCUT2D eigenvalue weighted by atomic mass is 9.92. The molecule has 0 radical (unpaired) electrons. The van der Waals surface area contributed by atoms with Gasteiger partial charge in [-0.15, -0.1) is 0 Å². The summed E-state index contributed by atoms with van der Waals surface area (Å²) < 4.78 is 16.6. The van der Waals surface area contributed by atoms with Gasteiger partial charge in [0.25, 0.3) is 11.7 Å².